The van der Waals surface area contributed by atoms with Crippen LogP contribution in [0.25, 0.3) is 0 Å². The second kappa shape index (κ2) is 7.08. The first-order chi connectivity index (χ1) is 10.8. The summed E-state index contributed by atoms with van der Waals surface area (Å²) in [6.07, 6.45) is 1.45. The van der Waals surface area contributed by atoms with Crippen LogP contribution in [0.5, 0.6) is 0 Å². The van der Waals surface area contributed by atoms with E-state index in [-0.39, 0.29) is 30.2 Å². The van der Waals surface area contributed by atoms with E-state index >= 15 is 0 Å². The SMILES string of the molecule is CC(C)(CO)NC(=O)C1CCCN(C(=O)c2ccc(F)cc2)C1. The largest absolute Gasteiger partial charge is 0.394 e. The fourth-order valence-electron chi connectivity index (χ4n) is 2.63. The lowest BCUT2D eigenvalue weighted by Gasteiger charge is -2.34. The van der Waals surface area contributed by atoms with Gasteiger partial charge in [-0.15, -0.1) is 0 Å². The van der Waals surface area contributed by atoms with Crippen molar-refractivity contribution < 1.29 is 19.1 Å². The number of hydrogen-bond donors (Lipinski definition) is 2. The molecule has 0 spiro atoms. The summed E-state index contributed by atoms with van der Waals surface area (Å²) in [5.74, 6) is -1.02. The first-order valence-corrected chi connectivity index (χ1v) is 7.80. The molecule has 1 heterocycles. The molecule has 0 aromatic heterocycles. The van der Waals surface area contributed by atoms with E-state index in [0.29, 0.717) is 25.1 Å². The van der Waals surface area contributed by atoms with E-state index in [1.165, 1.54) is 24.3 Å². The standard InChI is InChI=1S/C17H23FN2O3/c1-17(2,11-21)19-15(22)13-4-3-9-20(10-13)16(23)12-5-7-14(18)8-6-12/h5-8,13,21H,3-4,9-11H2,1-2H3,(H,19,22). The summed E-state index contributed by atoms with van der Waals surface area (Å²) in [6.45, 7) is 4.26. The molecule has 1 unspecified atom stereocenters. The van der Waals surface area contributed by atoms with Gasteiger partial charge in [-0.25, -0.2) is 4.39 Å². The first-order valence-electron chi connectivity index (χ1n) is 7.80. The molecule has 0 saturated carbocycles. The van der Waals surface area contributed by atoms with Crippen LogP contribution in [0.2, 0.25) is 0 Å². The second-order valence-corrected chi connectivity index (χ2v) is 6.63. The van der Waals surface area contributed by atoms with Gasteiger partial charge in [-0.05, 0) is 51.0 Å². The number of likely N-dealkylation sites (tertiary alicyclic amines) is 1. The number of nitrogens with zero attached hydrogens (tertiary/aromatic N) is 1. The summed E-state index contributed by atoms with van der Waals surface area (Å²) in [5, 5.41) is 12.0. The zero-order valence-electron chi connectivity index (χ0n) is 13.5. The van der Waals surface area contributed by atoms with E-state index in [0.717, 1.165) is 6.42 Å². The molecule has 6 heteroatoms. The van der Waals surface area contributed by atoms with Crippen LogP contribution in [-0.2, 0) is 4.79 Å². The Hall–Kier alpha value is -1.95. The number of aliphatic hydroxyl groups excluding tert-OH is 1. The van der Waals surface area contributed by atoms with Crippen LogP contribution in [0.1, 0.15) is 37.0 Å². The molecular formula is C17H23FN2O3. The van der Waals surface area contributed by atoms with E-state index in [1.807, 2.05) is 0 Å². The lowest BCUT2D eigenvalue weighted by atomic mass is 9.95. The number of nitrogens with one attached hydrogen (secondary N) is 1. The van der Waals surface area contributed by atoms with Gasteiger partial charge in [0.05, 0.1) is 18.1 Å². The number of carbonyl (C=O) groups excluding carboxylic acids is 2. The Labute approximate surface area is 135 Å². The maximum Gasteiger partial charge on any atom is 0.253 e. The number of aliphatic hydroxyl groups is 1. The third-order valence-electron chi connectivity index (χ3n) is 4.03. The minimum Gasteiger partial charge on any atom is -0.394 e. The number of carbonyl (C=O) groups is 2. The highest BCUT2D eigenvalue weighted by Gasteiger charge is 2.31. The molecule has 1 aromatic carbocycles. The van der Waals surface area contributed by atoms with Gasteiger partial charge < -0.3 is 15.3 Å². The van der Waals surface area contributed by atoms with Gasteiger partial charge in [0.2, 0.25) is 5.91 Å². The highest BCUT2D eigenvalue weighted by atomic mass is 19.1. The van der Waals surface area contributed by atoms with Crippen molar-refractivity contribution in [2.45, 2.75) is 32.2 Å². The lowest BCUT2D eigenvalue weighted by molar-refractivity contribution is -0.128. The molecule has 5 nitrogen and oxygen atoms in total. The molecule has 1 aromatic rings. The Morgan fingerprint density at radius 1 is 1.35 bits per heavy atom. The number of halogens is 1. The molecule has 1 atom stereocenters. The minimum atomic E-state index is -0.680. The van der Waals surface area contributed by atoms with Crippen molar-refractivity contribution >= 4 is 11.8 Å². The topological polar surface area (TPSA) is 69.6 Å². The number of benzene rings is 1. The van der Waals surface area contributed by atoms with Gasteiger partial charge in [-0.1, -0.05) is 0 Å². The van der Waals surface area contributed by atoms with E-state index in [4.69, 9.17) is 0 Å². The number of hydrogen-bond acceptors (Lipinski definition) is 3. The monoisotopic (exact) mass is 322 g/mol. The number of amides is 2. The lowest BCUT2D eigenvalue weighted by Crippen LogP contribution is -2.52. The predicted octanol–water partition coefficient (Wildman–Crippen LogP) is 1.56. The van der Waals surface area contributed by atoms with E-state index in [9.17, 15) is 19.1 Å². The van der Waals surface area contributed by atoms with Crippen molar-refractivity contribution in [1.82, 2.24) is 10.2 Å². The van der Waals surface area contributed by atoms with Gasteiger partial charge in [-0.2, -0.15) is 0 Å². The number of piperidine rings is 1. The van der Waals surface area contributed by atoms with Crippen LogP contribution in [0, 0.1) is 11.7 Å². The highest BCUT2D eigenvalue weighted by molar-refractivity contribution is 5.94. The van der Waals surface area contributed by atoms with E-state index in [2.05, 4.69) is 5.32 Å². The summed E-state index contributed by atoms with van der Waals surface area (Å²) >= 11 is 0. The smallest absolute Gasteiger partial charge is 0.253 e. The summed E-state index contributed by atoms with van der Waals surface area (Å²) < 4.78 is 13.0. The Balaban J connectivity index is 2.01. The van der Waals surface area contributed by atoms with Gasteiger partial charge in [0.1, 0.15) is 5.82 Å². The summed E-state index contributed by atoms with van der Waals surface area (Å²) in [5.41, 5.74) is -0.261. The second-order valence-electron chi connectivity index (χ2n) is 6.63. The molecule has 1 saturated heterocycles. The maximum atomic E-state index is 13.0. The van der Waals surface area contributed by atoms with Gasteiger partial charge in [0.25, 0.3) is 5.91 Å². The van der Waals surface area contributed by atoms with Crippen molar-refractivity contribution in [2.75, 3.05) is 19.7 Å². The molecule has 0 radical (unpaired) electrons. The molecule has 126 valence electrons. The normalized spacial score (nSPS) is 18.6. The summed E-state index contributed by atoms with van der Waals surface area (Å²) in [7, 11) is 0. The first kappa shape index (κ1) is 17.4. The Morgan fingerprint density at radius 3 is 2.61 bits per heavy atom. The summed E-state index contributed by atoms with van der Waals surface area (Å²) in [4.78, 5) is 26.4. The Bertz CT molecular complexity index is 572. The molecule has 23 heavy (non-hydrogen) atoms. The average molecular weight is 322 g/mol. The van der Waals surface area contributed by atoms with Crippen LogP contribution < -0.4 is 5.32 Å². The molecule has 0 aliphatic carbocycles. The fourth-order valence-corrected chi connectivity index (χ4v) is 2.63. The fraction of sp³-hybridized carbons (Fsp3) is 0.529. The predicted molar refractivity (Wildman–Crippen MR) is 84.3 cm³/mol. The zero-order chi connectivity index (χ0) is 17.0. The van der Waals surface area contributed by atoms with Crippen molar-refractivity contribution in [3.63, 3.8) is 0 Å². The average Bonchev–Trinajstić information content (AvgIpc) is 2.54. The van der Waals surface area contributed by atoms with Crippen LogP contribution in [0.15, 0.2) is 24.3 Å². The molecule has 2 amide bonds. The van der Waals surface area contributed by atoms with Gasteiger partial charge in [0.15, 0.2) is 0 Å². The van der Waals surface area contributed by atoms with E-state index < -0.39 is 5.54 Å². The third-order valence-corrected chi connectivity index (χ3v) is 4.03. The molecule has 0 bridgehead atoms. The van der Waals surface area contributed by atoms with Gasteiger partial charge >= 0.3 is 0 Å². The molecule has 1 fully saturated rings. The molecular weight excluding hydrogens is 299 g/mol. The van der Waals surface area contributed by atoms with Gasteiger partial charge in [-0.3, -0.25) is 9.59 Å². The molecule has 1 aliphatic rings. The van der Waals surface area contributed by atoms with Crippen LogP contribution in [0.4, 0.5) is 4.39 Å². The quantitative estimate of drug-likeness (QED) is 0.884. The van der Waals surface area contributed by atoms with Crippen LogP contribution >= 0.6 is 0 Å². The zero-order valence-corrected chi connectivity index (χ0v) is 13.5. The Kier molecular flexibility index (Phi) is 5.36. The van der Waals surface area contributed by atoms with Crippen molar-refractivity contribution in [3.8, 4) is 0 Å². The molecule has 1 aliphatic heterocycles. The van der Waals surface area contributed by atoms with Crippen molar-refractivity contribution in [1.29, 1.82) is 0 Å². The maximum absolute atomic E-state index is 13.0. The van der Waals surface area contributed by atoms with Crippen molar-refractivity contribution in [2.24, 2.45) is 5.92 Å². The van der Waals surface area contributed by atoms with E-state index in [1.54, 1.807) is 18.7 Å². The number of rotatable bonds is 4. The Morgan fingerprint density at radius 2 is 2.00 bits per heavy atom. The summed E-state index contributed by atoms with van der Waals surface area (Å²) in [6, 6.07) is 5.42. The van der Waals surface area contributed by atoms with Crippen LogP contribution in [-0.4, -0.2) is 47.1 Å². The highest BCUT2D eigenvalue weighted by Crippen LogP contribution is 2.20. The van der Waals surface area contributed by atoms with Crippen LogP contribution in [0.3, 0.4) is 0 Å². The van der Waals surface area contributed by atoms with Gasteiger partial charge in [0, 0.05) is 18.7 Å². The minimum absolute atomic E-state index is 0.149. The third kappa shape index (κ3) is 4.51. The molecule has 2 rings (SSSR count). The molecule has 2 N–H and O–H groups in total. The van der Waals surface area contributed by atoms with Crippen molar-refractivity contribution in [3.05, 3.63) is 35.6 Å².